The summed E-state index contributed by atoms with van der Waals surface area (Å²) in [6.45, 7) is 2.57. The van der Waals surface area contributed by atoms with Crippen molar-refractivity contribution in [3.05, 3.63) is 77.9 Å². The van der Waals surface area contributed by atoms with E-state index < -0.39 is 0 Å². The standard InChI is InChI=1S/C19H17FN4O/c1-2-25-14-9-7-13(8-10-14)17-11-18(15-5-3-4-6-16(15)20)24-19(23-17)21-12-22-24/h3-12,18H,2H2,1H3,(H,21,22,23). The van der Waals surface area contributed by atoms with Crippen LogP contribution in [0.5, 0.6) is 5.75 Å². The van der Waals surface area contributed by atoms with E-state index in [1.807, 2.05) is 43.3 Å². The first-order valence-electron chi connectivity index (χ1n) is 8.12. The number of rotatable bonds is 4. The molecule has 1 N–H and O–H groups in total. The molecule has 0 aliphatic carbocycles. The van der Waals surface area contributed by atoms with Crippen LogP contribution < -0.4 is 10.1 Å². The highest BCUT2D eigenvalue weighted by Crippen LogP contribution is 2.33. The molecule has 1 unspecified atom stereocenters. The van der Waals surface area contributed by atoms with Crippen molar-refractivity contribution >= 4 is 11.6 Å². The average molecular weight is 336 g/mol. The van der Waals surface area contributed by atoms with Crippen LogP contribution >= 0.6 is 0 Å². The molecule has 25 heavy (non-hydrogen) atoms. The van der Waals surface area contributed by atoms with E-state index >= 15 is 0 Å². The van der Waals surface area contributed by atoms with Crippen LogP contribution in [0.2, 0.25) is 0 Å². The minimum atomic E-state index is -0.360. The number of fused-ring (bicyclic) bond motifs is 1. The van der Waals surface area contributed by atoms with Crippen molar-refractivity contribution in [2.24, 2.45) is 0 Å². The fourth-order valence-corrected chi connectivity index (χ4v) is 2.94. The van der Waals surface area contributed by atoms with Crippen molar-refractivity contribution in [1.82, 2.24) is 14.8 Å². The third kappa shape index (κ3) is 2.87. The van der Waals surface area contributed by atoms with Gasteiger partial charge < -0.3 is 10.1 Å². The zero-order valence-electron chi connectivity index (χ0n) is 13.7. The van der Waals surface area contributed by atoms with Crippen LogP contribution in [-0.2, 0) is 0 Å². The normalized spacial score (nSPS) is 15.9. The molecule has 0 fully saturated rings. The highest BCUT2D eigenvalue weighted by atomic mass is 19.1. The van der Waals surface area contributed by atoms with Crippen molar-refractivity contribution in [3.63, 3.8) is 0 Å². The van der Waals surface area contributed by atoms with E-state index in [0.29, 0.717) is 18.1 Å². The molecule has 1 aliphatic rings. The molecule has 2 aromatic carbocycles. The van der Waals surface area contributed by atoms with Crippen molar-refractivity contribution in [3.8, 4) is 5.75 Å². The van der Waals surface area contributed by atoms with Crippen molar-refractivity contribution < 1.29 is 9.13 Å². The molecule has 5 nitrogen and oxygen atoms in total. The molecule has 0 saturated carbocycles. The maximum absolute atomic E-state index is 14.3. The van der Waals surface area contributed by atoms with Crippen LogP contribution in [0.25, 0.3) is 5.70 Å². The lowest BCUT2D eigenvalue weighted by Crippen LogP contribution is -2.21. The molecule has 6 heteroatoms. The number of aromatic nitrogens is 3. The van der Waals surface area contributed by atoms with Gasteiger partial charge in [0.15, 0.2) is 0 Å². The van der Waals surface area contributed by atoms with Gasteiger partial charge in [0.05, 0.1) is 6.61 Å². The topological polar surface area (TPSA) is 52.0 Å². The maximum atomic E-state index is 14.3. The number of nitrogens with one attached hydrogen (secondary N) is 1. The zero-order chi connectivity index (χ0) is 17.2. The van der Waals surface area contributed by atoms with Crippen LogP contribution in [0.3, 0.4) is 0 Å². The molecule has 2 heterocycles. The number of anilines is 1. The molecule has 4 rings (SSSR count). The van der Waals surface area contributed by atoms with Gasteiger partial charge >= 0.3 is 0 Å². The lowest BCUT2D eigenvalue weighted by molar-refractivity contribution is 0.340. The van der Waals surface area contributed by atoms with Crippen molar-refractivity contribution in [1.29, 1.82) is 0 Å². The summed E-state index contributed by atoms with van der Waals surface area (Å²) in [7, 11) is 0. The molecule has 1 atom stereocenters. The SMILES string of the molecule is CCOc1ccc(C2=CC(c3ccccc3F)n3ncnc3N2)cc1. The number of allylic oxidation sites excluding steroid dienone is 1. The molecule has 0 radical (unpaired) electrons. The number of benzene rings is 2. The smallest absolute Gasteiger partial charge is 0.226 e. The largest absolute Gasteiger partial charge is 0.494 e. The van der Waals surface area contributed by atoms with Crippen molar-refractivity contribution in [2.45, 2.75) is 13.0 Å². The second kappa shape index (κ2) is 6.39. The first-order chi connectivity index (χ1) is 12.3. The van der Waals surface area contributed by atoms with E-state index in [1.165, 1.54) is 12.4 Å². The van der Waals surface area contributed by atoms with Gasteiger partial charge in [0, 0.05) is 11.3 Å². The summed E-state index contributed by atoms with van der Waals surface area (Å²) in [6, 6.07) is 14.1. The highest BCUT2D eigenvalue weighted by Gasteiger charge is 2.25. The average Bonchev–Trinajstić information content (AvgIpc) is 3.11. The fourth-order valence-electron chi connectivity index (χ4n) is 2.94. The van der Waals surface area contributed by atoms with E-state index in [1.54, 1.807) is 16.8 Å². The third-order valence-corrected chi connectivity index (χ3v) is 4.11. The van der Waals surface area contributed by atoms with Gasteiger partial charge in [-0.15, -0.1) is 0 Å². The zero-order valence-corrected chi connectivity index (χ0v) is 13.7. The Morgan fingerprint density at radius 3 is 2.72 bits per heavy atom. The Hall–Kier alpha value is -3.15. The molecular weight excluding hydrogens is 319 g/mol. The number of halogens is 1. The van der Waals surface area contributed by atoms with Crippen LogP contribution in [-0.4, -0.2) is 21.4 Å². The van der Waals surface area contributed by atoms with Crippen LogP contribution in [0.4, 0.5) is 10.3 Å². The second-order valence-electron chi connectivity index (χ2n) is 5.66. The van der Waals surface area contributed by atoms with E-state index in [-0.39, 0.29) is 11.9 Å². The monoisotopic (exact) mass is 336 g/mol. The quantitative estimate of drug-likeness (QED) is 0.786. The number of hydrogen-bond acceptors (Lipinski definition) is 4. The lowest BCUT2D eigenvalue weighted by atomic mass is 10.0. The van der Waals surface area contributed by atoms with E-state index in [0.717, 1.165) is 17.0 Å². The van der Waals surface area contributed by atoms with E-state index in [2.05, 4.69) is 15.4 Å². The Bertz CT molecular complexity index is 917. The Morgan fingerprint density at radius 1 is 1.16 bits per heavy atom. The van der Waals surface area contributed by atoms with Gasteiger partial charge in [0.1, 0.15) is 23.9 Å². The maximum Gasteiger partial charge on any atom is 0.226 e. The van der Waals surface area contributed by atoms with Crippen LogP contribution in [0.15, 0.2) is 60.9 Å². The Labute approximate surface area is 144 Å². The molecular formula is C19H17FN4O. The summed E-state index contributed by atoms with van der Waals surface area (Å²) in [5.74, 6) is 1.13. The number of nitrogens with zero attached hydrogens (tertiary/aromatic N) is 3. The Kier molecular flexibility index (Phi) is 3.93. The predicted molar refractivity (Wildman–Crippen MR) is 93.8 cm³/mol. The third-order valence-electron chi connectivity index (χ3n) is 4.11. The van der Waals surface area contributed by atoms with Crippen LogP contribution in [0, 0.1) is 5.82 Å². The number of ether oxygens (including phenoxy) is 1. The van der Waals surface area contributed by atoms with Crippen molar-refractivity contribution in [2.75, 3.05) is 11.9 Å². The number of hydrogen-bond donors (Lipinski definition) is 1. The van der Waals surface area contributed by atoms with Gasteiger partial charge in [0.25, 0.3) is 0 Å². The summed E-state index contributed by atoms with van der Waals surface area (Å²) in [4.78, 5) is 4.24. The van der Waals surface area contributed by atoms with Gasteiger partial charge in [-0.2, -0.15) is 10.1 Å². The van der Waals surface area contributed by atoms with Gasteiger partial charge in [0.2, 0.25) is 5.95 Å². The minimum absolute atomic E-state index is 0.266. The van der Waals surface area contributed by atoms with E-state index in [4.69, 9.17) is 4.74 Å². The second-order valence-corrected chi connectivity index (χ2v) is 5.66. The molecule has 3 aromatic rings. The summed E-state index contributed by atoms with van der Waals surface area (Å²) >= 11 is 0. The summed E-state index contributed by atoms with van der Waals surface area (Å²) in [5, 5.41) is 7.49. The molecule has 1 aromatic heterocycles. The molecule has 0 saturated heterocycles. The molecule has 126 valence electrons. The Morgan fingerprint density at radius 2 is 1.96 bits per heavy atom. The van der Waals surface area contributed by atoms with Gasteiger partial charge in [-0.1, -0.05) is 18.2 Å². The summed E-state index contributed by atoms with van der Waals surface area (Å²) < 4.78 is 21.5. The molecule has 0 spiro atoms. The first-order valence-corrected chi connectivity index (χ1v) is 8.12. The lowest BCUT2D eigenvalue weighted by Gasteiger charge is -2.24. The van der Waals surface area contributed by atoms with Gasteiger partial charge in [-0.05, 0) is 48.9 Å². The highest BCUT2D eigenvalue weighted by molar-refractivity contribution is 5.77. The summed E-state index contributed by atoms with van der Waals surface area (Å²) in [5.41, 5.74) is 2.38. The Balaban J connectivity index is 1.75. The summed E-state index contributed by atoms with van der Waals surface area (Å²) in [6.07, 6.45) is 3.42. The first kappa shape index (κ1) is 15.4. The molecule has 1 aliphatic heterocycles. The predicted octanol–water partition coefficient (Wildman–Crippen LogP) is 3.87. The fraction of sp³-hybridized carbons (Fsp3) is 0.158. The van der Waals surface area contributed by atoms with Gasteiger partial charge in [-0.25, -0.2) is 9.07 Å². The van der Waals surface area contributed by atoms with E-state index in [9.17, 15) is 4.39 Å². The minimum Gasteiger partial charge on any atom is -0.494 e. The molecule has 0 bridgehead atoms. The van der Waals surface area contributed by atoms with Crippen LogP contribution in [0.1, 0.15) is 24.1 Å². The molecule has 0 amide bonds. The van der Waals surface area contributed by atoms with Gasteiger partial charge in [-0.3, -0.25) is 0 Å².